The lowest BCUT2D eigenvalue weighted by molar-refractivity contribution is 0.0601. The van der Waals surface area contributed by atoms with E-state index in [-0.39, 0.29) is 11.9 Å². The molecule has 1 aliphatic heterocycles. The van der Waals surface area contributed by atoms with Crippen molar-refractivity contribution in [2.45, 2.75) is 25.7 Å². The molecule has 0 aromatic heterocycles. The van der Waals surface area contributed by atoms with Crippen molar-refractivity contribution in [3.8, 4) is 16.9 Å². The predicted molar refractivity (Wildman–Crippen MR) is 150 cm³/mol. The zero-order valence-electron chi connectivity index (χ0n) is 21.5. The number of hydrogen-bond acceptors (Lipinski definition) is 4. The van der Waals surface area contributed by atoms with E-state index < -0.39 is 5.97 Å². The highest BCUT2D eigenvalue weighted by molar-refractivity contribution is 6.02. The van der Waals surface area contributed by atoms with E-state index in [1.165, 1.54) is 12.7 Å². The molecule has 0 fully saturated rings. The Hall–Kier alpha value is -4.58. The van der Waals surface area contributed by atoms with E-state index in [2.05, 4.69) is 28.8 Å². The van der Waals surface area contributed by atoms with Crippen LogP contribution in [0.15, 0.2) is 91.0 Å². The summed E-state index contributed by atoms with van der Waals surface area (Å²) in [6.45, 7) is 2.54. The lowest BCUT2D eigenvalue weighted by atomic mass is 9.85. The van der Waals surface area contributed by atoms with Gasteiger partial charge in [-0.2, -0.15) is 0 Å². The molecule has 1 aliphatic rings. The van der Waals surface area contributed by atoms with Crippen molar-refractivity contribution >= 4 is 23.4 Å². The fourth-order valence-electron chi connectivity index (χ4n) is 4.91. The predicted octanol–water partition coefficient (Wildman–Crippen LogP) is 7.40. The van der Waals surface area contributed by atoms with Crippen molar-refractivity contribution in [2.24, 2.45) is 0 Å². The molecule has 1 heterocycles. The molecule has 0 spiro atoms. The van der Waals surface area contributed by atoms with Gasteiger partial charge in [0.25, 0.3) is 0 Å². The largest absolute Gasteiger partial charge is 0.491 e. The van der Waals surface area contributed by atoms with E-state index >= 15 is 0 Å². The highest BCUT2D eigenvalue weighted by Gasteiger charge is 2.26. The van der Waals surface area contributed by atoms with E-state index in [9.17, 15) is 9.59 Å². The molecule has 4 aromatic carbocycles. The lowest BCUT2D eigenvalue weighted by Crippen LogP contribution is -2.20. The first-order chi connectivity index (χ1) is 18.5. The van der Waals surface area contributed by atoms with Gasteiger partial charge in [-0.3, -0.25) is 0 Å². The van der Waals surface area contributed by atoms with Crippen LogP contribution in [0, 0.1) is 6.92 Å². The molecule has 5 rings (SSSR count). The molecule has 1 atom stereocenters. The maximum Gasteiger partial charge on any atom is 0.338 e. The van der Waals surface area contributed by atoms with Gasteiger partial charge in [0.1, 0.15) is 5.75 Å². The molecule has 0 saturated heterocycles. The number of anilines is 2. The number of urea groups is 1. The van der Waals surface area contributed by atoms with Gasteiger partial charge in [-0.1, -0.05) is 66.2 Å². The minimum Gasteiger partial charge on any atom is -0.491 e. The Bertz CT molecular complexity index is 1450. The Morgan fingerprint density at radius 3 is 2.39 bits per heavy atom. The van der Waals surface area contributed by atoms with E-state index in [1.807, 2.05) is 73.7 Å². The van der Waals surface area contributed by atoms with Crippen molar-refractivity contribution in [2.75, 3.05) is 24.4 Å². The van der Waals surface area contributed by atoms with Crippen LogP contribution in [0.2, 0.25) is 0 Å². The van der Waals surface area contributed by atoms with Crippen LogP contribution in [-0.2, 0) is 4.74 Å². The zero-order chi connectivity index (χ0) is 26.5. The van der Waals surface area contributed by atoms with Crippen molar-refractivity contribution < 1.29 is 19.1 Å². The molecule has 0 bridgehead atoms. The molecule has 2 N–H and O–H groups in total. The van der Waals surface area contributed by atoms with Crippen molar-refractivity contribution in [3.05, 3.63) is 113 Å². The van der Waals surface area contributed by atoms with Gasteiger partial charge in [-0.15, -0.1) is 0 Å². The van der Waals surface area contributed by atoms with Crippen LogP contribution in [0.1, 0.15) is 45.8 Å². The molecule has 0 saturated carbocycles. The standard InChI is InChI=1S/C32H30N2O4/c1-21-14-16-24(17-15-21)33-32(36)34-29-20-23(26-11-6-7-12-27(26)31(35)37-2)19-28-25(13-8-18-38-30(28)29)22-9-4-3-5-10-22/h3-7,9-12,14-17,19-20,25H,8,13,18H2,1-2H3,(H2,33,34,36). The minimum absolute atomic E-state index is 0.0691. The number of carbonyl (C=O) groups excluding carboxylic acids is 2. The molecule has 192 valence electrons. The molecule has 1 unspecified atom stereocenters. The highest BCUT2D eigenvalue weighted by atomic mass is 16.5. The van der Waals surface area contributed by atoms with E-state index in [0.717, 1.165) is 35.1 Å². The third-order valence-electron chi connectivity index (χ3n) is 6.78. The molecule has 0 radical (unpaired) electrons. The van der Waals surface area contributed by atoms with Gasteiger partial charge in [0.05, 0.1) is 25.0 Å². The fourth-order valence-corrected chi connectivity index (χ4v) is 4.91. The monoisotopic (exact) mass is 506 g/mol. The van der Waals surface area contributed by atoms with Gasteiger partial charge >= 0.3 is 12.0 Å². The number of methoxy groups -OCH3 is 1. The maximum atomic E-state index is 13.1. The Balaban J connectivity index is 1.62. The number of rotatable bonds is 5. The molecular formula is C32H30N2O4. The second-order valence-corrected chi connectivity index (χ2v) is 9.38. The van der Waals surface area contributed by atoms with Gasteiger partial charge in [-0.05, 0) is 66.8 Å². The Morgan fingerprint density at radius 2 is 1.63 bits per heavy atom. The first-order valence-corrected chi connectivity index (χ1v) is 12.7. The van der Waals surface area contributed by atoms with E-state index in [0.29, 0.717) is 29.3 Å². The quantitative estimate of drug-likeness (QED) is 0.277. The van der Waals surface area contributed by atoms with Crippen LogP contribution in [0.3, 0.4) is 0 Å². The molecule has 0 aliphatic carbocycles. The van der Waals surface area contributed by atoms with Crippen LogP contribution < -0.4 is 15.4 Å². The summed E-state index contributed by atoms with van der Waals surface area (Å²) in [6, 6.07) is 28.8. The Kier molecular flexibility index (Phi) is 7.40. The Morgan fingerprint density at radius 1 is 0.895 bits per heavy atom. The number of ether oxygens (including phenoxy) is 2. The average molecular weight is 507 g/mol. The third-order valence-corrected chi connectivity index (χ3v) is 6.78. The summed E-state index contributed by atoms with van der Waals surface area (Å²) in [7, 11) is 1.37. The van der Waals surface area contributed by atoms with Crippen LogP contribution in [-0.4, -0.2) is 25.7 Å². The van der Waals surface area contributed by atoms with Gasteiger partial charge in [0.15, 0.2) is 0 Å². The van der Waals surface area contributed by atoms with Crippen molar-refractivity contribution in [3.63, 3.8) is 0 Å². The normalized spacial score (nSPS) is 14.4. The topological polar surface area (TPSA) is 76.7 Å². The number of hydrogen-bond donors (Lipinski definition) is 2. The number of benzene rings is 4. The second-order valence-electron chi connectivity index (χ2n) is 9.38. The average Bonchev–Trinajstić information content (AvgIpc) is 3.17. The second kappa shape index (κ2) is 11.2. The van der Waals surface area contributed by atoms with Crippen LogP contribution in [0.5, 0.6) is 5.75 Å². The molecule has 38 heavy (non-hydrogen) atoms. The maximum absolute atomic E-state index is 13.1. The number of amides is 2. The zero-order valence-corrected chi connectivity index (χ0v) is 21.5. The molecule has 6 nitrogen and oxygen atoms in total. The van der Waals surface area contributed by atoms with Crippen molar-refractivity contribution in [1.82, 2.24) is 0 Å². The summed E-state index contributed by atoms with van der Waals surface area (Å²) in [5.41, 5.74) is 6.46. The smallest absolute Gasteiger partial charge is 0.338 e. The first-order valence-electron chi connectivity index (χ1n) is 12.7. The highest BCUT2D eigenvalue weighted by Crippen LogP contribution is 2.45. The fraction of sp³-hybridized carbons (Fsp3) is 0.188. The summed E-state index contributed by atoms with van der Waals surface area (Å²) in [6.07, 6.45) is 1.77. The van der Waals surface area contributed by atoms with Crippen LogP contribution in [0.4, 0.5) is 16.2 Å². The van der Waals surface area contributed by atoms with Crippen molar-refractivity contribution in [1.29, 1.82) is 0 Å². The van der Waals surface area contributed by atoms with Gasteiger partial charge in [0, 0.05) is 17.2 Å². The lowest BCUT2D eigenvalue weighted by Gasteiger charge is -2.22. The van der Waals surface area contributed by atoms with Crippen LogP contribution >= 0.6 is 0 Å². The SMILES string of the molecule is COC(=O)c1ccccc1-c1cc(NC(=O)Nc2ccc(C)cc2)c2c(c1)C(c1ccccc1)CCCO2. The molecular weight excluding hydrogens is 476 g/mol. The molecule has 6 heteroatoms. The van der Waals surface area contributed by atoms with E-state index in [4.69, 9.17) is 9.47 Å². The number of aryl methyl sites for hydroxylation is 1. The molecule has 2 amide bonds. The summed E-state index contributed by atoms with van der Waals surface area (Å²) < 4.78 is 11.3. The van der Waals surface area contributed by atoms with Crippen LogP contribution in [0.25, 0.3) is 11.1 Å². The molecule has 4 aromatic rings. The van der Waals surface area contributed by atoms with Gasteiger partial charge < -0.3 is 20.1 Å². The van der Waals surface area contributed by atoms with E-state index in [1.54, 1.807) is 6.07 Å². The summed E-state index contributed by atoms with van der Waals surface area (Å²) in [5.74, 6) is 0.299. The van der Waals surface area contributed by atoms with Gasteiger partial charge in [0.2, 0.25) is 0 Å². The summed E-state index contributed by atoms with van der Waals surface area (Å²) in [5, 5.41) is 5.92. The number of nitrogens with one attached hydrogen (secondary N) is 2. The number of fused-ring (bicyclic) bond motifs is 1. The van der Waals surface area contributed by atoms with Gasteiger partial charge in [-0.25, -0.2) is 9.59 Å². The summed E-state index contributed by atoms with van der Waals surface area (Å²) >= 11 is 0. The number of esters is 1. The third kappa shape index (κ3) is 5.39. The summed E-state index contributed by atoms with van der Waals surface area (Å²) in [4.78, 5) is 25.7. The first kappa shape index (κ1) is 25.1. The Labute approximate surface area is 222 Å². The minimum atomic E-state index is -0.418. The number of carbonyl (C=O) groups is 2.